The molecule has 0 aliphatic rings. The number of nitrogens with one attached hydrogen (secondary N) is 3. The number of carbonyl (C=O) groups excluding carboxylic acids is 1. The van der Waals surface area contributed by atoms with Crippen molar-refractivity contribution in [3.05, 3.63) is 57.8 Å². The van der Waals surface area contributed by atoms with Crippen molar-refractivity contribution >= 4 is 51.0 Å². The van der Waals surface area contributed by atoms with Gasteiger partial charge in [-0.2, -0.15) is 17.9 Å². The first-order valence-electron chi connectivity index (χ1n) is 9.01. The predicted octanol–water partition coefficient (Wildman–Crippen LogP) is 2.86. The highest BCUT2D eigenvalue weighted by Crippen LogP contribution is 2.24. The van der Waals surface area contributed by atoms with E-state index in [0.29, 0.717) is 11.3 Å². The molecule has 4 N–H and O–H groups in total. The standard InChI is InChI=1S/C19H22Cl2N4O5S/c1-19(2,3)25-31(29,30)24-15(18(27)28)8-11-4-6-12(7-5-11)23-17(26)16-13(20)9-22-10-14(16)21/h4-7,9-10,15,24-25H,8H2,1-3H3,(H,23,26)(H,27,28)/t15-/m0/s1. The van der Waals surface area contributed by atoms with Crippen molar-refractivity contribution in [3.8, 4) is 0 Å². The van der Waals surface area contributed by atoms with Gasteiger partial charge < -0.3 is 10.4 Å². The number of amides is 1. The second-order valence-corrected chi connectivity index (χ2v) is 9.96. The second-order valence-electron chi connectivity index (χ2n) is 7.70. The Morgan fingerprint density at radius 3 is 2.13 bits per heavy atom. The van der Waals surface area contributed by atoms with Crippen LogP contribution < -0.4 is 14.8 Å². The van der Waals surface area contributed by atoms with Gasteiger partial charge in [0.1, 0.15) is 6.04 Å². The van der Waals surface area contributed by atoms with Gasteiger partial charge in [-0.1, -0.05) is 35.3 Å². The Kier molecular flexibility index (Phi) is 8.01. The van der Waals surface area contributed by atoms with E-state index in [0.717, 1.165) is 0 Å². The number of hydrogen-bond donors (Lipinski definition) is 4. The van der Waals surface area contributed by atoms with Crippen LogP contribution in [0.2, 0.25) is 10.0 Å². The van der Waals surface area contributed by atoms with Gasteiger partial charge in [0.25, 0.3) is 16.1 Å². The number of carbonyl (C=O) groups is 2. The van der Waals surface area contributed by atoms with E-state index >= 15 is 0 Å². The SMILES string of the molecule is CC(C)(C)NS(=O)(=O)N[C@@H](Cc1ccc(NC(=O)c2c(Cl)cncc2Cl)cc1)C(=O)O. The molecule has 1 heterocycles. The predicted molar refractivity (Wildman–Crippen MR) is 119 cm³/mol. The third-order valence-electron chi connectivity index (χ3n) is 3.77. The van der Waals surface area contributed by atoms with Crippen molar-refractivity contribution in [2.45, 2.75) is 38.8 Å². The van der Waals surface area contributed by atoms with Gasteiger partial charge in [-0.05, 0) is 44.9 Å². The molecule has 31 heavy (non-hydrogen) atoms. The van der Waals surface area contributed by atoms with Crippen molar-refractivity contribution in [1.29, 1.82) is 0 Å². The van der Waals surface area contributed by atoms with Crippen molar-refractivity contribution in [2.24, 2.45) is 0 Å². The van der Waals surface area contributed by atoms with Crippen LogP contribution in [0, 0.1) is 0 Å². The molecule has 1 aromatic heterocycles. The van der Waals surface area contributed by atoms with Crippen molar-refractivity contribution in [3.63, 3.8) is 0 Å². The summed E-state index contributed by atoms with van der Waals surface area (Å²) >= 11 is 11.9. The summed E-state index contributed by atoms with van der Waals surface area (Å²) in [5, 5.41) is 12.2. The van der Waals surface area contributed by atoms with Crippen LogP contribution in [0.3, 0.4) is 0 Å². The number of aliphatic carboxylic acids is 1. The molecule has 1 amide bonds. The summed E-state index contributed by atoms with van der Waals surface area (Å²) in [7, 11) is -4.03. The summed E-state index contributed by atoms with van der Waals surface area (Å²) < 4.78 is 28.8. The maximum Gasteiger partial charge on any atom is 0.322 e. The quantitative estimate of drug-likeness (QED) is 0.450. The molecular weight excluding hydrogens is 467 g/mol. The molecular formula is C19H22Cl2N4O5S. The van der Waals surface area contributed by atoms with E-state index in [2.05, 4.69) is 19.7 Å². The molecule has 0 radical (unpaired) electrons. The Morgan fingerprint density at radius 1 is 1.10 bits per heavy atom. The minimum atomic E-state index is -4.03. The normalized spacial score (nSPS) is 12.9. The molecule has 2 aromatic rings. The monoisotopic (exact) mass is 488 g/mol. The molecule has 0 spiro atoms. The topological polar surface area (TPSA) is 137 Å². The van der Waals surface area contributed by atoms with Gasteiger partial charge in [0.15, 0.2) is 0 Å². The number of nitrogens with zero attached hydrogens (tertiary/aromatic N) is 1. The van der Waals surface area contributed by atoms with Gasteiger partial charge in [-0.15, -0.1) is 0 Å². The zero-order valence-electron chi connectivity index (χ0n) is 16.9. The third-order valence-corrected chi connectivity index (χ3v) is 5.82. The first kappa shape index (κ1) is 25.0. The van der Waals surface area contributed by atoms with Crippen molar-refractivity contribution in [2.75, 3.05) is 5.32 Å². The molecule has 9 nitrogen and oxygen atoms in total. The molecule has 2 rings (SSSR count). The van der Waals surface area contributed by atoms with Crippen LogP contribution in [0.15, 0.2) is 36.7 Å². The number of benzene rings is 1. The number of anilines is 1. The Balaban J connectivity index is 2.09. The van der Waals surface area contributed by atoms with Crippen LogP contribution in [0.25, 0.3) is 0 Å². The number of carboxylic acids is 1. The van der Waals surface area contributed by atoms with Gasteiger partial charge in [0, 0.05) is 23.6 Å². The van der Waals surface area contributed by atoms with E-state index in [-0.39, 0.29) is 22.0 Å². The smallest absolute Gasteiger partial charge is 0.322 e. The van der Waals surface area contributed by atoms with Crippen LogP contribution in [0.4, 0.5) is 5.69 Å². The lowest BCUT2D eigenvalue weighted by molar-refractivity contribution is -0.138. The van der Waals surface area contributed by atoms with E-state index < -0.39 is 33.7 Å². The third kappa shape index (κ3) is 7.75. The molecule has 168 valence electrons. The fraction of sp³-hybridized carbons (Fsp3) is 0.316. The van der Waals surface area contributed by atoms with Gasteiger partial charge in [0.05, 0.1) is 15.6 Å². The lowest BCUT2D eigenvalue weighted by Crippen LogP contribution is -2.52. The van der Waals surface area contributed by atoms with Crippen LogP contribution in [0.1, 0.15) is 36.7 Å². The Hall–Kier alpha value is -2.24. The minimum absolute atomic E-state index is 0.0779. The molecule has 0 aliphatic heterocycles. The summed E-state index contributed by atoms with van der Waals surface area (Å²) in [4.78, 5) is 27.7. The maximum absolute atomic E-state index is 12.4. The summed E-state index contributed by atoms with van der Waals surface area (Å²) in [6.45, 7) is 4.92. The lowest BCUT2D eigenvalue weighted by atomic mass is 10.1. The van der Waals surface area contributed by atoms with E-state index in [4.69, 9.17) is 23.2 Å². The largest absolute Gasteiger partial charge is 0.480 e. The Labute approximate surface area is 190 Å². The molecule has 12 heteroatoms. The average molecular weight is 489 g/mol. The Bertz CT molecular complexity index is 1050. The maximum atomic E-state index is 12.4. The highest BCUT2D eigenvalue weighted by molar-refractivity contribution is 7.87. The second kappa shape index (κ2) is 9.92. The number of halogens is 2. The van der Waals surface area contributed by atoms with E-state index in [1.165, 1.54) is 12.4 Å². The molecule has 0 unspecified atom stereocenters. The fourth-order valence-corrected chi connectivity index (χ4v) is 4.54. The summed E-state index contributed by atoms with van der Waals surface area (Å²) in [5.41, 5.74) is 0.271. The van der Waals surface area contributed by atoms with Crippen molar-refractivity contribution < 1.29 is 23.1 Å². The molecule has 0 bridgehead atoms. The minimum Gasteiger partial charge on any atom is -0.480 e. The van der Waals surface area contributed by atoms with Gasteiger partial charge in [-0.3, -0.25) is 14.6 Å². The van der Waals surface area contributed by atoms with Gasteiger partial charge >= 0.3 is 5.97 Å². The van der Waals surface area contributed by atoms with Gasteiger partial charge in [-0.25, -0.2) is 0 Å². The molecule has 1 atom stereocenters. The van der Waals surface area contributed by atoms with E-state index in [9.17, 15) is 23.1 Å². The Morgan fingerprint density at radius 2 is 1.65 bits per heavy atom. The van der Waals surface area contributed by atoms with Crippen LogP contribution in [-0.2, 0) is 21.4 Å². The van der Waals surface area contributed by atoms with Crippen LogP contribution in [-0.4, -0.2) is 42.0 Å². The first-order valence-corrected chi connectivity index (χ1v) is 11.2. The summed E-state index contributed by atoms with van der Waals surface area (Å²) in [6, 6.07) is 4.88. The first-order chi connectivity index (χ1) is 14.3. The molecule has 0 saturated heterocycles. The average Bonchev–Trinajstić information content (AvgIpc) is 2.60. The fourth-order valence-electron chi connectivity index (χ4n) is 2.58. The zero-order chi connectivity index (χ0) is 23.4. The van der Waals surface area contributed by atoms with E-state index in [1.54, 1.807) is 45.0 Å². The van der Waals surface area contributed by atoms with Gasteiger partial charge in [0.2, 0.25) is 0 Å². The molecule has 0 saturated carbocycles. The van der Waals surface area contributed by atoms with E-state index in [1.807, 2.05) is 0 Å². The van der Waals surface area contributed by atoms with Crippen molar-refractivity contribution in [1.82, 2.24) is 14.4 Å². The molecule has 1 aromatic carbocycles. The van der Waals surface area contributed by atoms with Crippen LogP contribution >= 0.6 is 23.2 Å². The molecule has 0 aliphatic carbocycles. The zero-order valence-corrected chi connectivity index (χ0v) is 19.3. The number of hydrogen-bond acceptors (Lipinski definition) is 5. The highest BCUT2D eigenvalue weighted by atomic mass is 35.5. The number of rotatable bonds is 8. The highest BCUT2D eigenvalue weighted by Gasteiger charge is 2.27. The molecule has 0 fully saturated rings. The van der Waals surface area contributed by atoms with Crippen LogP contribution in [0.5, 0.6) is 0 Å². The number of aromatic nitrogens is 1. The summed E-state index contributed by atoms with van der Waals surface area (Å²) in [5.74, 6) is -1.85. The summed E-state index contributed by atoms with van der Waals surface area (Å²) in [6.07, 6.45) is 2.50. The number of carboxylic acid groups (broad SMARTS) is 1. The lowest BCUT2D eigenvalue weighted by Gasteiger charge is -2.22. The number of pyridine rings is 1.